The van der Waals surface area contributed by atoms with Gasteiger partial charge in [0.15, 0.2) is 0 Å². The maximum absolute atomic E-state index is 11.5. The summed E-state index contributed by atoms with van der Waals surface area (Å²) in [6.45, 7) is 1.84. The lowest BCUT2D eigenvalue weighted by Crippen LogP contribution is -2.15. The maximum atomic E-state index is 11.5. The molecule has 0 atom stereocenters. The molecule has 0 radical (unpaired) electrons. The van der Waals surface area contributed by atoms with E-state index in [2.05, 4.69) is 10.2 Å². The minimum Gasteiger partial charge on any atom is -0.272 e. The minimum absolute atomic E-state index is 0.301. The van der Waals surface area contributed by atoms with Gasteiger partial charge in [-0.15, -0.1) is 0 Å². The summed E-state index contributed by atoms with van der Waals surface area (Å²) in [5.74, 6) is 0. The number of aromatic amines is 2. The van der Waals surface area contributed by atoms with Crippen molar-refractivity contribution in [1.82, 2.24) is 14.8 Å². The highest BCUT2D eigenvalue weighted by molar-refractivity contribution is 7.71. The zero-order valence-corrected chi connectivity index (χ0v) is 9.45. The van der Waals surface area contributed by atoms with Crippen LogP contribution < -0.4 is 5.69 Å². The van der Waals surface area contributed by atoms with Crippen LogP contribution in [0.15, 0.2) is 23.0 Å². The van der Waals surface area contributed by atoms with Crippen LogP contribution in [0.2, 0.25) is 5.02 Å². The topological polar surface area (TPSA) is 53.6 Å². The molecule has 0 unspecified atom stereocenters. The van der Waals surface area contributed by atoms with Crippen molar-refractivity contribution in [3.8, 4) is 5.69 Å². The molecular formula is C9H8ClN3OS. The predicted octanol–water partition coefficient (Wildman–Crippen LogP) is 2.19. The largest absolute Gasteiger partial charge is 0.347 e. The van der Waals surface area contributed by atoms with E-state index in [0.717, 1.165) is 5.56 Å². The summed E-state index contributed by atoms with van der Waals surface area (Å²) in [7, 11) is 0. The van der Waals surface area contributed by atoms with E-state index in [9.17, 15) is 4.79 Å². The smallest absolute Gasteiger partial charge is 0.272 e. The molecule has 0 saturated carbocycles. The van der Waals surface area contributed by atoms with Gasteiger partial charge in [-0.3, -0.25) is 5.10 Å². The van der Waals surface area contributed by atoms with Gasteiger partial charge in [-0.2, -0.15) is 0 Å². The highest BCUT2D eigenvalue weighted by atomic mass is 35.5. The highest BCUT2D eigenvalue weighted by Gasteiger charge is 2.08. The van der Waals surface area contributed by atoms with E-state index in [-0.39, 0.29) is 5.69 Å². The van der Waals surface area contributed by atoms with E-state index in [4.69, 9.17) is 23.8 Å². The first-order chi connectivity index (χ1) is 7.11. The molecule has 2 N–H and O–H groups in total. The van der Waals surface area contributed by atoms with Gasteiger partial charge in [0.2, 0.25) is 4.77 Å². The Bertz CT molecular complexity index is 583. The van der Waals surface area contributed by atoms with Crippen LogP contribution >= 0.6 is 23.8 Å². The van der Waals surface area contributed by atoms with Gasteiger partial charge < -0.3 is 0 Å². The molecule has 0 spiro atoms. The van der Waals surface area contributed by atoms with Gasteiger partial charge in [0.05, 0.1) is 5.69 Å². The second-order valence-electron chi connectivity index (χ2n) is 3.08. The van der Waals surface area contributed by atoms with Crippen LogP contribution in [0.1, 0.15) is 5.56 Å². The first-order valence-electron chi connectivity index (χ1n) is 4.26. The van der Waals surface area contributed by atoms with Gasteiger partial charge in [-0.25, -0.2) is 14.5 Å². The summed E-state index contributed by atoms with van der Waals surface area (Å²) in [6.07, 6.45) is 0. The Morgan fingerprint density at radius 2 is 2.13 bits per heavy atom. The van der Waals surface area contributed by atoms with E-state index in [1.807, 2.05) is 6.92 Å². The van der Waals surface area contributed by atoms with Gasteiger partial charge in [0, 0.05) is 5.02 Å². The normalized spacial score (nSPS) is 10.5. The molecule has 0 amide bonds. The number of halogens is 1. The summed E-state index contributed by atoms with van der Waals surface area (Å²) < 4.78 is 1.70. The van der Waals surface area contributed by atoms with Crippen molar-refractivity contribution in [2.45, 2.75) is 6.92 Å². The summed E-state index contributed by atoms with van der Waals surface area (Å²) in [4.78, 5) is 11.5. The van der Waals surface area contributed by atoms with Crippen molar-refractivity contribution in [3.63, 3.8) is 0 Å². The number of nitrogens with zero attached hydrogens (tertiary/aromatic N) is 1. The number of aromatic nitrogens is 3. The van der Waals surface area contributed by atoms with Crippen molar-refractivity contribution >= 4 is 23.8 Å². The quantitative estimate of drug-likeness (QED) is 0.752. The Kier molecular flexibility index (Phi) is 2.50. The molecule has 0 aliphatic heterocycles. The highest BCUT2D eigenvalue weighted by Crippen LogP contribution is 2.20. The third kappa shape index (κ3) is 1.64. The van der Waals surface area contributed by atoms with E-state index in [1.165, 1.54) is 4.57 Å². The van der Waals surface area contributed by atoms with Crippen molar-refractivity contribution < 1.29 is 0 Å². The lowest BCUT2D eigenvalue weighted by molar-refractivity contribution is 0.964. The zero-order chi connectivity index (χ0) is 11.0. The van der Waals surface area contributed by atoms with Crippen LogP contribution in [0.4, 0.5) is 0 Å². The van der Waals surface area contributed by atoms with Gasteiger partial charge in [-0.05, 0) is 36.8 Å². The summed E-state index contributed by atoms with van der Waals surface area (Å²) in [5.41, 5.74) is 1.21. The van der Waals surface area contributed by atoms with Gasteiger partial charge in [-0.1, -0.05) is 17.7 Å². The van der Waals surface area contributed by atoms with E-state index in [1.54, 1.807) is 18.2 Å². The average Bonchev–Trinajstić information content (AvgIpc) is 2.52. The van der Waals surface area contributed by atoms with Crippen LogP contribution in [0.5, 0.6) is 0 Å². The fourth-order valence-corrected chi connectivity index (χ4v) is 1.77. The van der Waals surface area contributed by atoms with Crippen LogP contribution in [-0.4, -0.2) is 14.8 Å². The number of hydrogen-bond acceptors (Lipinski definition) is 2. The molecule has 6 heteroatoms. The molecule has 15 heavy (non-hydrogen) atoms. The van der Waals surface area contributed by atoms with Gasteiger partial charge >= 0.3 is 5.69 Å². The molecule has 0 bridgehead atoms. The Hall–Kier alpha value is -1.33. The van der Waals surface area contributed by atoms with Crippen LogP contribution in [0.25, 0.3) is 5.69 Å². The number of hydrogen-bond donors (Lipinski definition) is 2. The first kappa shape index (κ1) is 10.2. The molecule has 2 aromatic rings. The molecule has 1 aromatic carbocycles. The number of H-pyrrole nitrogens is 2. The number of nitrogens with one attached hydrogen (secondary N) is 2. The Labute approximate surface area is 95.5 Å². The SMILES string of the molecule is Cc1c(Cl)cccc1-n1c(=O)[nH][nH]c1=S. The fraction of sp³-hybridized carbons (Fsp3) is 0.111. The van der Waals surface area contributed by atoms with Crippen LogP contribution in [0, 0.1) is 11.7 Å². The van der Waals surface area contributed by atoms with E-state index < -0.39 is 0 Å². The maximum Gasteiger partial charge on any atom is 0.347 e. The molecule has 2 rings (SSSR count). The van der Waals surface area contributed by atoms with Crippen molar-refractivity contribution in [3.05, 3.63) is 44.0 Å². The first-order valence-corrected chi connectivity index (χ1v) is 5.05. The molecule has 0 fully saturated rings. The summed E-state index contributed by atoms with van der Waals surface area (Å²) in [6, 6.07) is 5.34. The molecule has 1 aromatic heterocycles. The summed E-state index contributed by atoms with van der Waals surface area (Å²) >= 11 is 11.0. The fourth-order valence-electron chi connectivity index (χ4n) is 1.37. The Morgan fingerprint density at radius 3 is 2.73 bits per heavy atom. The second-order valence-corrected chi connectivity index (χ2v) is 3.87. The third-order valence-electron chi connectivity index (χ3n) is 2.16. The number of benzene rings is 1. The van der Waals surface area contributed by atoms with Gasteiger partial charge in [0.1, 0.15) is 0 Å². The van der Waals surface area contributed by atoms with Gasteiger partial charge in [0.25, 0.3) is 0 Å². The zero-order valence-electron chi connectivity index (χ0n) is 7.87. The van der Waals surface area contributed by atoms with Crippen molar-refractivity contribution in [1.29, 1.82) is 0 Å². The molecule has 0 aliphatic rings. The third-order valence-corrected chi connectivity index (χ3v) is 2.86. The molecule has 0 saturated heterocycles. The van der Waals surface area contributed by atoms with Crippen LogP contribution in [-0.2, 0) is 0 Å². The Balaban J connectivity index is 2.81. The second kappa shape index (κ2) is 3.67. The molecule has 0 aliphatic carbocycles. The average molecular weight is 242 g/mol. The lowest BCUT2D eigenvalue weighted by Gasteiger charge is -2.05. The molecule has 4 nitrogen and oxygen atoms in total. The van der Waals surface area contributed by atoms with Crippen LogP contribution in [0.3, 0.4) is 0 Å². The monoisotopic (exact) mass is 241 g/mol. The number of rotatable bonds is 1. The standard InChI is InChI=1S/C9H8ClN3OS/c1-5-6(10)3-2-4-7(5)13-8(14)11-12-9(13)15/h2-4H,1H3,(H,11,14)(H,12,15). The minimum atomic E-state index is -0.301. The lowest BCUT2D eigenvalue weighted by atomic mass is 10.2. The molecule has 78 valence electrons. The van der Waals surface area contributed by atoms with Crippen molar-refractivity contribution in [2.75, 3.05) is 0 Å². The van der Waals surface area contributed by atoms with E-state index in [0.29, 0.717) is 15.5 Å². The summed E-state index contributed by atoms with van der Waals surface area (Å²) in [5, 5.41) is 5.60. The molecule has 1 heterocycles. The molecular weight excluding hydrogens is 234 g/mol. The predicted molar refractivity (Wildman–Crippen MR) is 61.3 cm³/mol. The van der Waals surface area contributed by atoms with Crippen molar-refractivity contribution in [2.24, 2.45) is 0 Å². The Morgan fingerprint density at radius 1 is 1.40 bits per heavy atom. The van der Waals surface area contributed by atoms with E-state index >= 15 is 0 Å².